The minimum atomic E-state index is -0.650. The predicted octanol–water partition coefficient (Wildman–Crippen LogP) is 0.112. The Balaban J connectivity index is 2.86. The summed E-state index contributed by atoms with van der Waals surface area (Å²) >= 11 is 0. The maximum Gasteiger partial charge on any atom is 0.312 e. The maximum atomic E-state index is 12.5. The molecule has 3 atom stereocenters. The summed E-state index contributed by atoms with van der Waals surface area (Å²) in [5.74, 6) is 0.483. The number of hydrogen-bond donors (Lipinski definition) is 2. The Morgan fingerprint density at radius 2 is 2.00 bits per heavy atom. The summed E-state index contributed by atoms with van der Waals surface area (Å²) in [5, 5.41) is 2.58. The molecule has 0 radical (unpaired) electrons. The normalized spacial score (nSPS) is 25.9. The third-order valence-corrected chi connectivity index (χ3v) is 3.47. The van der Waals surface area contributed by atoms with Crippen LogP contribution in [0.2, 0.25) is 5.82 Å². The zero-order valence-electron chi connectivity index (χ0n) is 12.0. The van der Waals surface area contributed by atoms with Gasteiger partial charge in [-0.3, -0.25) is 4.79 Å². The van der Waals surface area contributed by atoms with Gasteiger partial charge in [0.1, 0.15) is 13.9 Å². The van der Waals surface area contributed by atoms with Crippen LogP contribution in [0.5, 0.6) is 0 Å². The highest BCUT2D eigenvalue weighted by Crippen LogP contribution is 2.29. The summed E-state index contributed by atoms with van der Waals surface area (Å²) in [7, 11) is 2.14. The van der Waals surface area contributed by atoms with E-state index in [-0.39, 0.29) is 17.4 Å². The fourth-order valence-corrected chi connectivity index (χ4v) is 2.56. The van der Waals surface area contributed by atoms with Gasteiger partial charge in [0.15, 0.2) is 0 Å². The number of nitrogens with zero attached hydrogens (tertiary/aromatic N) is 1. The van der Waals surface area contributed by atoms with Crippen molar-refractivity contribution in [1.82, 2.24) is 10.2 Å². The van der Waals surface area contributed by atoms with Gasteiger partial charge in [0.2, 0.25) is 5.91 Å². The van der Waals surface area contributed by atoms with E-state index in [1.807, 2.05) is 32.6 Å². The van der Waals surface area contributed by atoms with Crippen molar-refractivity contribution >= 4 is 19.8 Å². The van der Waals surface area contributed by atoms with Gasteiger partial charge in [-0.05, 0) is 18.8 Å². The summed E-state index contributed by atoms with van der Waals surface area (Å²) < 4.78 is 0. The van der Waals surface area contributed by atoms with Crippen LogP contribution in [0.1, 0.15) is 34.1 Å². The van der Waals surface area contributed by atoms with Crippen molar-refractivity contribution in [3.05, 3.63) is 0 Å². The van der Waals surface area contributed by atoms with E-state index >= 15 is 0 Å². The van der Waals surface area contributed by atoms with E-state index in [0.29, 0.717) is 5.82 Å². The summed E-state index contributed by atoms with van der Waals surface area (Å²) in [6.07, 6.45) is 1.01. The Morgan fingerprint density at radius 1 is 1.44 bits per heavy atom. The lowest BCUT2D eigenvalue weighted by Gasteiger charge is -2.34. The molecule has 1 aliphatic rings. The lowest BCUT2D eigenvalue weighted by Crippen LogP contribution is -2.56. The molecule has 1 fully saturated rings. The highest BCUT2D eigenvalue weighted by molar-refractivity contribution is 6.12. The summed E-state index contributed by atoms with van der Waals surface area (Å²) in [6, 6.07) is -0.988. The standard InChI is InChI=1S/C12H24BN3O2/c1-7-5-8(13)6-16(7)10(17)9(12(2,3)4)15-11(14)18/h7-9H,5-6,13H2,1-4H3,(H3,14,15,18). The van der Waals surface area contributed by atoms with Crippen LogP contribution >= 0.6 is 0 Å². The molecule has 1 saturated heterocycles. The van der Waals surface area contributed by atoms with Gasteiger partial charge in [-0.2, -0.15) is 0 Å². The zero-order valence-corrected chi connectivity index (χ0v) is 12.0. The molecule has 0 spiro atoms. The van der Waals surface area contributed by atoms with Crippen molar-refractivity contribution < 1.29 is 9.59 Å². The molecule has 1 heterocycles. The van der Waals surface area contributed by atoms with Crippen molar-refractivity contribution in [3.8, 4) is 0 Å². The van der Waals surface area contributed by atoms with Crippen LogP contribution in [-0.4, -0.2) is 43.3 Å². The molecule has 0 aromatic rings. The lowest BCUT2D eigenvalue weighted by molar-refractivity contribution is -0.136. The molecule has 3 N–H and O–H groups in total. The smallest absolute Gasteiger partial charge is 0.312 e. The third-order valence-electron chi connectivity index (χ3n) is 3.47. The van der Waals surface area contributed by atoms with Gasteiger partial charge in [-0.1, -0.05) is 26.6 Å². The molecule has 1 aliphatic heterocycles. The van der Waals surface area contributed by atoms with Gasteiger partial charge >= 0.3 is 6.03 Å². The zero-order chi connectivity index (χ0) is 14.1. The number of amides is 3. The van der Waals surface area contributed by atoms with E-state index in [2.05, 4.69) is 13.2 Å². The number of rotatable bonds is 2. The topological polar surface area (TPSA) is 75.4 Å². The fraction of sp³-hybridized carbons (Fsp3) is 0.833. The Bertz CT molecular complexity index is 341. The Labute approximate surface area is 110 Å². The molecule has 3 amide bonds. The largest absolute Gasteiger partial charge is 0.352 e. The van der Waals surface area contributed by atoms with E-state index in [1.165, 1.54) is 0 Å². The van der Waals surface area contributed by atoms with Crippen LogP contribution in [0.4, 0.5) is 4.79 Å². The summed E-state index contributed by atoms with van der Waals surface area (Å²) in [4.78, 5) is 25.5. The monoisotopic (exact) mass is 253 g/mol. The van der Waals surface area contributed by atoms with Crippen molar-refractivity contribution in [2.75, 3.05) is 6.54 Å². The van der Waals surface area contributed by atoms with Gasteiger partial charge in [-0.15, -0.1) is 0 Å². The number of nitrogens with two attached hydrogens (primary N) is 1. The first-order valence-electron chi connectivity index (χ1n) is 6.49. The summed E-state index contributed by atoms with van der Waals surface area (Å²) in [5.41, 5.74) is 4.82. The van der Waals surface area contributed by atoms with Gasteiger partial charge in [0.05, 0.1) is 0 Å². The molecule has 102 valence electrons. The van der Waals surface area contributed by atoms with E-state index < -0.39 is 12.1 Å². The molecular weight excluding hydrogens is 229 g/mol. The minimum absolute atomic E-state index is 0.0295. The summed E-state index contributed by atoms with van der Waals surface area (Å²) in [6.45, 7) is 8.58. The number of likely N-dealkylation sites (tertiary alicyclic amines) is 1. The Morgan fingerprint density at radius 3 is 2.33 bits per heavy atom. The van der Waals surface area contributed by atoms with Crippen molar-refractivity contribution in [3.63, 3.8) is 0 Å². The number of urea groups is 1. The first kappa shape index (κ1) is 14.9. The second-order valence-electron chi connectivity index (χ2n) is 6.49. The Kier molecular flexibility index (Phi) is 4.30. The minimum Gasteiger partial charge on any atom is -0.352 e. The van der Waals surface area contributed by atoms with Crippen LogP contribution < -0.4 is 11.1 Å². The number of carbonyl (C=O) groups excluding carboxylic acids is 2. The molecule has 1 rings (SSSR count). The number of hydrogen-bond acceptors (Lipinski definition) is 2. The van der Waals surface area contributed by atoms with Crippen LogP contribution in [0.3, 0.4) is 0 Å². The molecule has 6 heteroatoms. The van der Waals surface area contributed by atoms with Crippen molar-refractivity contribution in [1.29, 1.82) is 0 Å². The molecule has 3 unspecified atom stereocenters. The first-order valence-corrected chi connectivity index (χ1v) is 6.49. The van der Waals surface area contributed by atoms with Crippen LogP contribution in [0, 0.1) is 5.41 Å². The van der Waals surface area contributed by atoms with E-state index in [4.69, 9.17) is 5.73 Å². The lowest BCUT2D eigenvalue weighted by atomic mass is 9.85. The first-order chi connectivity index (χ1) is 8.12. The molecule has 18 heavy (non-hydrogen) atoms. The Hall–Kier alpha value is -1.20. The number of nitrogens with one attached hydrogen (secondary N) is 1. The highest BCUT2D eigenvalue weighted by atomic mass is 16.2. The quantitative estimate of drug-likeness (QED) is 0.685. The molecule has 0 aliphatic carbocycles. The second-order valence-corrected chi connectivity index (χ2v) is 6.49. The van der Waals surface area contributed by atoms with E-state index in [0.717, 1.165) is 13.0 Å². The molecule has 0 aromatic carbocycles. The molecule has 0 bridgehead atoms. The third kappa shape index (κ3) is 3.40. The molecule has 0 saturated carbocycles. The predicted molar refractivity (Wildman–Crippen MR) is 74.0 cm³/mol. The molecular formula is C12H24BN3O2. The average molecular weight is 253 g/mol. The van der Waals surface area contributed by atoms with Crippen molar-refractivity contribution in [2.24, 2.45) is 11.1 Å². The molecule has 0 aromatic heterocycles. The SMILES string of the molecule is BC1CC(C)N(C(=O)C(NC(N)=O)C(C)(C)C)C1. The van der Waals surface area contributed by atoms with Gasteiger partial charge in [-0.25, -0.2) is 4.79 Å². The van der Waals surface area contributed by atoms with Gasteiger partial charge in [0.25, 0.3) is 0 Å². The van der Waals surface area contributed by atoms with Crippen LogP contribution in [0.15, 0.2) is 0 Å². The van der Waals surface area contributed by atoms with Gasteiger partial charge in [0, 0.05) is 12.6 Å². The maximum absolute atomic E-state index is 12.5. The van der Waals surface area contributed by atoms with E-state index in [1.54, 1.807) is 0 Å². The van der Waals surface area contributed by atoms with E-state index in [9.17, 15) is 9.59 Å². The fourth-order valence-electron chi connectivity index (χ4n) is 2.56. The van der Waals surface area contributed by atoms with Crippen LogP contribution in [0.25, 0.3) is 0 Å². The van der Waals surface area contributed by atoms with Crippen molar-refractivity contribution in [2.45, 2.75) is 52.0 Å². The second kappa shape index (κ2) is 5.20. The molecule has 5 nitrogen and oxygen atoms in total. The number of primary amides is 1. The highest BCUT2D eigenvalue weighted by Gasteiger charge is 2.39. The average Bonchev–Trinajstić information content (AvgIpc) is 2.51. The van der Waals surface area contributed by atoms with Gasteiger partial charge < -0.3 is 16.0 Å². The number of carbonyl (C=O) groups is 2. The van der Waals surface area contributed by atoms with Crippen LogP contribution in [-0.2, 0) is 4.79 Å².